The van der Waals surface area contributed by atoms with Gasteiger partial charge in [-0.3, -0.25) is 9.59 Å². The van der Waals surface area contributed by atoms with Crippen molar-refractivity contribution in [2.45, 2.75) is 24.7 Å². The minimum Gasteiger partial charge on any atom is -0.497 e. The van der Waals surface area contributed by atoms with Gasteiger partial charge in [-0.1, -0.05) is 6.07 Å². The lowest BCUT2D eigenvalue weighted by atomic mass is 9.96. The third kappa shape index (κ3) is 5.99. The molecule has 4 rings (SSSR count). The maximum Gasteiger partial charge on any atom is 0.418 e. The van der Waals surface area contributed by atoms with Crippen LogP contribution in [0.3, 0.4) is 0 Å². The van der Waals surface area contributed by atoms with Gasteiger partial charge >= 0.3 is 6.18 Å². The highest BCUT2D eigenvalue weighted by Gasteiger charge is 2.44. The number of carbonyl (C=O) groups is 2. The zero-order valence-corrected chi connectivity index (χ0v) is 20.1. The number of benzene rings is 2. The molecule has 3 aromatic rings. The summed E-state index contributed by atoms with van der Waals surface area (Å²) in [5, 5.41) is 7.84. The van der Waals surface area contributed by atoms with Gasteiger partial charge in [0.25, 0.3) is 5.91 Å². The Labute approximate surface area is 214 Å². The molecule has 0 bridgehead atoms. The zero-order valence-electron chi connectivity index (χ0n) is 20.1. The Morgan fingerprint density at radius 1 is 1.13 bits per heavy atom. The second-order valence-electron chi connectivity index (χ2n) is 8.49. The minimum atomic E-state index is -4.66. The summed E-state index contributed by atoms with van der Waals surface area (Å²) in [7, 11) is 1.25. The highest BCUT2D eigenvalue weighted by Crippen LogP contribution is 2.38. The van der Waals surface area contributed by atoms with Gasteiger partial charge in [0.15, 0.2) is 0 Å². The van der Waals surface area contributed by atoms with Crippen molar-refractivity contribution in [2.24, 2.45) is 0 Å². The first-order valence-corrected chi connectivity index (χ1v) is 11.4. The number of alkyl halides is 3. The van der Waals surface area contributed by atoms with Crippen LogP contribution < -0.4 is 20.7 Å². The summed E-state index contributed by atoms with van der Waals surface area (Å²) in [5.74, 6) is -1.86. The van der Waals surface area contributed by atoms with E-state index < -0.39 is 34.9 Å². The standard InChI is InChI=1S/C25H23F4N5O4/c1-37-18-4-5-21(19(9-18)25(27,28)29)33-17-3-2-15(20(26)8-17)12-32-23(36)24(6-7-38-13-24)34-22(35)16-10-30-14-31-11-16/h2-5,8-11,14,33H,6-7,12-13H2,1H3,(H,32,36)(H,34,35)/t24-/m0/s1. The highest BCUT2D eigenvalue weighted by molar-refractivity contribution is 5.99. The first-order valence-electron chi connectivity index (χ1n) is 11.4. The van der Waals surface area contributed by atoms with Crippen LogP contribution in [0.5, 0.6) is 5.75 Å². The number of hydrogen-bond acceptors (Lipinski definition) is 7. The SMILES string of the molecule is COc1ccc(Nc2ccc(CNC(=O)[C@]3(NC(=O)c4cncnc4)CCOC3)c(F)c2)c(C(F)(F)F)c1. The number of nitrogens with zero attached hydrogens (tertiary/aromatic N) is 2. The van der Waals surface area contributed by atoms with Gasteiger partial charge < -0.3 is 25.4 Å². The molecule has 1 fully saturated rings. The van der Waals surface area contributed by atoms with Crippen molar-refractivity contribution < 1.29 is 36.6 Å². The van der Waals surface area contributed by atoms with Gasteiger partial charge in [0.05, 0.1) is 30.5 Å². The van der Waals surface area contributed by atoms with Crippen molar-refractivity contribution in [1.82, 2.24) is 20.6 Å². The number of hydrogen-bond donors (Lipinski definition) is 3. The molecule has 1 aliphatic rings. The number of carbonyl (C=O) groups excluding carboxylic acids is 2. The summed E-state index contributed by atoms with van der Waals surface area (Å²) >= 11 is 0. The number of nitrogens with one attached hydrogen (secondary N) is 3. The average Bonchev–Trinajstić information content (AvgIpc) is 3.38. The summed E-state index contributed by atoms with van der Waals surface area (Å²) in [4.78, 5) is 33.2. The van der Waals surface area contributed by atoms with Gasteiger partial charge in [-0.05, 0) is 30.3 Å². The van der Waals surface area contributed by atoms with Crippen molar-refractivity contribution in [3.05, 3.63) is 77.6 Å². The van der Waals surface area contributed by atoms with Gasteiger partial charge in [-0.2, -0.15) is 13.2 Å². The van der Waals surface area contributed by atoms with Gasteiger partial charge in [0, 0.05) is 43.2 Å². The van der Waals surface area contributed by atoms with E-state index in [1.807, 2.05) is 0 Å². The fourth-order valence-corrected chi connectivity index (χ4v) is 3.87. The number of aromatic nitrogens is 2. The Morgan fingerprint density at radius 3 is 2.53 bits per heavy atom. The smallest absolute Gasteiger partial charge is 0.418 e. The van der Waals surface area contributed by atoms with Crippen molar-refractivity contribution in [3.63, 3.8) is 0 Å². The molecule has 0 spiro atoms. The molecule has 0 radical (unpaired) electrons. The van der Waals surface area contributed by atoms with Crippen LogP contribution in [0.1, 0.15) is 27.9 Å². The number of methoxy groups -OCH3 is 1. The van der Waals surface area contributed by atoms with E-state index in [1.165, 1.54) is 50.1 Å². The first-order chi connectivity index (χ1) is 18.1. The lowest BCUT2D eigenvalue weighted by Gasteiger charge is -2.27. The van der Waals surface area contributed by atoms with E-state index in [0.29, 0.717) is 0 Å². The van der Waals surface area contributed by atoms with E-state index >= 15 is 0 Å². The van der Waals surface area contributed by atoms with Crippen molar-refractivity contribution >= 4 is 23.2 Å². The Morgan fingerprint density at radius 2 is 1.89 bits per heavy atom. The molecule has 1 aromatic heterocycles. The largest absolute Gasteiger partial charge is 0.497 e. The lowest BCUT2D eigenvalue weighted by molar-refractivity contribution is -0.137. The van der Waals surface area contributed by atoms with Crippen molar-refractivity contribution in [3.8, 4) is 5.75 Å². The summed E-state index contributed by atoms with van der Waals surface area (Å²) in [6.45, 7) is -0.0701. The summed E-state index contributed by atoms with van der Waals surface area (Å²) in [6, 6.07) is 7.13. The fraction of sp³-hybridized carbons (Fsp3) is 0.280. The third-order valence-electron chi connectivity index (χ3n) is 5.94. The molecule has 2 amide bonds. The predicted molar refractivity (Wildman–Crippen MR) is 127 cm³/mol. The molecule has 38 heavy (non-hydrogen) atoms. The van der Waals surface area contributed by atoms with Gasteiger partial charge in [-0.15, -0.1) is 0 Å². The third-order valence-corrected chi connectivity index (χ3v) is 5.94. The van der Waals surface area contributed by atoms with Crippen LogP contribution >= 0.6 is 0 Å². The number of halogens is 4. The normalized spacial score (nSPS) is 17.1. The maximum atomic E-state index is 14.8. The van der Waals surface area contributed by atoms with Crippen LogP contribution in [0, 0.1) is 5.82 Å². The van der Waals surface area contributed by atoms with E-state index in [4.69, 9.17) is 9.47 Å². The Kier molecular flexibility index (Phi) is 7.76. The Bertz CT molecular complexity index is 1310. The van der Waals surface area contributed by atoms with Gasteiger partial charge in [0.1, 0.15) is 23.4 Å². The van der Waals surface area contributed by atoms with Crippen molar-refractivity contribution in [1.29, 1.82) is 0 Å². The zero-order chi connectivity index (χ0) is 27.3. The molecule has 0 saturated carbocycles. The summed E-state index contributed by atoms with van der Waals surface area (Å²) < 4.78 is 65.4. The van der Waals surface area contributed by atoms with Crippen LogP contribution in [-0.4, -0.2) is 47.6 Å². The van der Waals surface area contributed by atoms with E-state index in [9.17, 15) is 27.2 Å². The van der Waals surface area contributed by atoms with Crippen LogP contribution in [-0.2, 0) is 22.3 Å². The summed E-state index contributed by atoms with van der Waals surface area (Å²) in [6.07, 6.45) is -0.592. The molecular weight excluding hydrogens is 510 g/mol. The molecule has 9 nitrogen and oxygen atoms in total. The molecule has 1 saturated heterocycles. The number of rotatable bonds is 8. The number of ether oxygens (including phenoxy) is 2. The van der Waals surface area contributed by atoms with E-state index in [-0.39, 0.29) is 54.4 Å². The molecule has 200 valence electrons. The quantitative estimate of drug-likeness (QED) is 0.379. The fourth-order valence-electron chi connectivity index (χ4n) is 3.87. The first kappa shape index (κ1) is 26.8. The number of anilines is 2. The second kappa shape index (κ2) is 11.0. The van der Waals surface area contributed by atoms with Crippen LogP contribution in [0.4, 0.5) is 28.9 Å². The minimum absolute atomic E-state index is 0.0267. The average molecular weight is 533 g/mol. The van der Waals surface area contributed by atoms with Crippen LogP contribution in [0.25, 0.3) is 0 Å². The number of amides is 2. The highest BCUT2D eigenvalue weighted by atomic mass is 19.4. The van der Waals surface area contributed by atoms with E-state index in [0.717, 1.165) is 12.1 Å². The van der Waals surface area contributed by atoms with Crippen molar-refractivity contribution in [2.75, 3.05) is 25.6 Å². The van der Waals surface area contributed by atoms with Crippen LogP contribution in [0.2, 0.25) is 0 Å². The monoisotopic (exact) mass is 533 g/mol. The molecular formula is C25H23F4N5O4. The van der Waals surface area contributed by atoms with Gasteiger partial charge in [-0.25, -0.2) is 14.4 Å². The Balaban J connectivity index is 1.44. The van der Waals surface area contributed by atoms with E-state index in [1.54, 1.807) is 0 Å². The molecule has 2 heterocycles. The predicted octanol–water partition coefficient (Wildman–Crippen LogP) is 3.59. The molecule has 3 N–H and O–H groups in total. The Hall–Kier alpha value is -4.26. The maximum absolute atomic E-state index is 14.8. The topological polar surface area (TPSA) is 114 Å². The molecule has 0 unspecified atom stereocenters. The second-order valence-corrected chi connectivity index (χ2v) is 8.49. The molecule has 13 heteroatoms. The van der Waals surface area contributed by atoms with Gasteiger partial charge in [0.2, 0.25) is 5.91 Å². The van der Waals surface area contributed by atoms with Crippen LogP contribution in [0.15, 0.2) is 55.1 Å². The summed E-state index contributed by atoms with van der Waals surface area (Å²) in [5.41, 5.74) is -2.29. The molecule has 1 aliphatic heterocycles. The molecule has 2 aromatic carbocycles. The molecule has 0 aliphatic carbocycles. The van der Waals surface area contributed by atoms with E-state index in [2.05, 4.69) is 25.9 Å². The molecule has 1 atom stereocenters. The lowest BCUT2D eigenvalue weighted by Crippen LogP contribution is -2.59.